The molecule has 0 saturated carbocycles. The number of nitrogens with one attached hydrogen (secondary N) is 1. The fourth-order valence-corrected chi connectivity index (χ4v) is 5.47. The molecule has 0 saturated heterocycles. The summed E-state index contributed by atoms with van der Waals surface area (Å²) in [5.41, 5.74) is 0. The van der Waals surface area contributed by atoms with Crippen molar-refractivity contribution in [1.29, 1.82) is 0 Å². The second-order valence-corrected chi connectivity index (χ2v) is 12.3. The average Bonchev–Trinajstić information content (AvgIpc) is 2.96. The van der Waals surface area contributed by atoms with Crippen LogP contribution < -0.4 is 5.32 Å². The van der Waals surface area contributed by atoms with Crippen molar-refractivity contribution in [2.45, 2.75) is 206 Å². The van der Waals surface area contributed by atoms with Crippen LogP contribution in [0.2, 0.25) is 0 Å². The lowest BCUT2D eigenvalue weighted by Crippen LogP contribution is -2.45. The predicted octanol–water partition coefficient (Wildman–Crippen LogP) is 10.3. The Morgan fingerprint density at radius 1 is 0.575 bits per heavy atom. The molecule has 0 aliphatic carbocycles. The summed E-state index contributed by atoms with van der Waals surface area (Å²) in [6.07, 6.45) is 38.3. The Kier molecular flexibility index (Phi) is 31.9. The number of amides is 1. The highest BCUT2D eigenvalue weighted by atomic mass is 16.3. The minimum Gasteiger partial charge on any atom is -0.394 e. The summed E-state index contributed by atoms with van der Waals surface area (Å²) in [7, 11) is 0. The molecule has 4 nitrogen and oxygen atoms in total. The maximum atomic E-state index is 12.3. The van der Waals surface area contributed by atoms with Crippen LogP contribution in [0.4, 0.5) is 0 Å². The van der Waals surface area contributed by atoms with Gasteiger partial charge in [0.15, 0.2) is 0 Å². The molecule has 0 aliphatic rings. The molecule has 3 N–H and O–H groups in total. The first-order valence-corrected chi connectivity index (χ1v) is 17.9. The maximum absolute atomic E-state index is 12.3. The SMILES string of the molecule is CCCCCCCCCCC/C=C/CCCC[C@@H](O)[C@H](CO)NC(=O)CCCCCCCCCCCCCCC. The Hall–Kier alpha value is -0.870. The number of aliphatic hydroxyl groups excluding tert-OH is 2. The first-order valence-electron chi connectivity index (χ1n) is 17.9. The fourth-order valence-electron chi connectivity index (χ4n) is 5.47. The van der Waals surface area contributed by atoms with Crippen molar-refractivity contribution in [2.24, 2.45) is 0 Å². The van der Waals surface area contributed by atoms with Crippen molar-refractivity contribution in [3.05, 3.63) is 12.2 Å². The van der Waals surface area contributed by atoms with E-state index in [2.05, 4.69) is 31.3 Å². The van der Waals surface area contributed by atoms with Gasteiger partial charge in [-0.25, -0.2) is 0 Å². The molecule has 40 heavy (non-hydrogen) atoms. The number of carbonyl (C=O) groups excluding carboxylic acids is 1. The highest BCUT2D eigenvalue weighted by Gasteiger charge is 2.19. The second kappa shape index (κ2) is 32.6. The Morgan fingerprint density at radius 2 is 0.950 bits per heavy atom. The van der Waals surface area contributed by atoms with Gasteiger partial charge in [-0.05, 0) is 38.5 Å². The van der Waals surface area contributed by atoms with Crippen molar-refractivity contribution in [1.82, 2.24) is 5.32 Å². The van der Waals surface area contributed by atoms with E-state index in [0.29, 0.717) is 12.8 Å². The molecule has 238 valence electrons. The zero-order valence-electron chi connectivity index (χ0n) is 27.1. The highest BCUT2D eigenvalue weighted by Crippen LogP contribution is 2.14. The van der Waals surface area contributed by atoms with Crippen LogP contribution in [0.25, 0.3) is 0 Å². The number of rotatable bonds is 32. The Morgan fingerprint density at radius 3 is 1.38 bits per heavy atom. The summed E-state index contributed by atoms with van der Waals surface area (Å²) in [6.45, 7) is 4.33. The molecule has 0 unspecified atom stereocenters. The van der Waals surface area contributed by atoms with Gasteiger partial charge in [-0.1, -0.05) is 161 Å². The molecule has 0 radical (unpaired) electrons. The molecule has 0 heterocycles. The molecule has 0 aromatic heterocycles. The van der Waals surface area contributed by atoms with Gasteiger partial charge < -0.3 is 15.5 Å². The van der Waals surface area contributed by atoms with E-state index in [1.807, 2.05) is 0 Å². The quantitative estimate of drug-likeness (QED) is 0.0561. The standard InChI is InChI=1S/C36H71NO3/c1-3-5-7-9-11-13-15-17-18-20-21-23-25-27-29-31-35(39)34(33-38)37-36(40)32-30-28-26-24-22-19-16-14-12-10-8-6-4-2/h21,23,34-35,38-39H,3-20,22,24-33H2,1-2H3,(H,37,40)/b23-21+/t34-,35+/m0/s1. The van der Waals surface area contributed by atoms with Gasteiger partial charge in [0.1, 0.15) is 0 Å². The maximum Gasteiger partial charge on any atom is 0.220 e. The molecule has 1 amide bonds. The summed E-state index contributed by atoms with van der Waals surface area (Å²) in [5, 5.41) is 23.0. The second-order valence-electron chi connectivity index (χ2n) is 12.3. The fraction of sp³-hybridized carbons (Fsp3) is 0.917. The zero-order chi connectivity index (χ0) is 29.4. The van der Waals surface area contributed by atoms with E-state index in [1.54, 1.807) is 0 Å². The number of aliphatic hydroxyl groups is 2. The van der Waals surface area contributed by atoms with Gasteiger partial charge in [-0.15, -0.1) is 0 Å². The van der Waals surface area contributed by atoms with Crippen molar-refractivity contribution >= 4 is 5.91 Å². The predicted molar refractivity (Wildman–Crippen MR) is 175 cm³/mol. The van der Waals surface area contributed by atoms with Crippen LogP contribution in [-0.4, -0.2) is 34.9 Å². The third-order valence-corrected chi connectivity index (χ3v) is 8.28. The molecule has 0 rings (SSSR count). The average molecular weight is 566 g/mol. The normalized spacial score (nSPS) is 13.2. The van der Waals surface area contributed by atoms with Crippen molar-refractivity contribution in [3.63, 3.8) is 0 Å². The van der Waals surface area contributed by atoms with Crippen LogP contribution >= 0.6 is 0 Å². The molecule has 0 aromatic carbocycles. The van der Waals surface area contributed by atoms with E-state index in [9.17, 15) is 15.0 Å². The van der Waals surface area contributed by atoms with Crippen molar-refractivity contribution in [3.8, 4) is 0 Å². The number of hydrogen-bond acceptors (Lipinski definition) is 3. The van der Waals surface area contributed by atoms with Gasteiger partial charge >= 0.3 is 0 Å². The lowest BCUT2D eigenvalue weighted by atomic mass is 10.0. The molecule has 0 aliphatic heterocycles. The van der Waals surface area contributed by atoms with Crippen LogP contribution in [0.15, 0.2) is 12.2 Å². The monoisotopic (exact) mass is 566 g/mol. The minimum absolute atomic E-state index is 0.0411. The number of allylic oxidation sites excluding steroid dienone is 2. The first-order chi connectivity index (χ1) is 19.7. The summed E-state index contributed by atoms with van der Waals surface area (Å²) in [6, 6.07) is -0.545. The molecule has 0 fully saturated rings. The lowest BCUT2D eigenvalue weighted by molar-refractivity contribution is -0.123. The molecule has 0 spiro atoms. The Labute approximate surface area is 250 Å². The highest BCUT2D eigenvalue weighted by molar-refractivity contribution is 5.76. The van der Waals surface area contributed by atoms with E-state index < -0.39 is 12.1 Å². The molecular weight excluding hydrogens is 494 g/mol. The summed E-state index contributed by atoms with van der Waals surface area (Å²) < 4.78 is 0. The van der Waals surface area contributed by atoms with E-state index in [4.69, 9.17) is 0 Å². The minimum atomic E-state index is -0.674. The Bertz CT molecular complexity index is 536. The number of hydrogen-bond donors (Lipinski definition) is 3. The smallest absolute Gasteiger partial charge is 0.220 e. The summed E-state index contributed by atoms with van der Waals surface area (Å²) >= 11 is 0. The van der Waals surface area contributed by atoms with Crippen molar-refractivity contribution < 1.29 is 15.0 Å². The largest absolute Gasteiger partial charge is 0.394 e. The van der Waals surface area contributed by atoms with Crippen LogP contribution in [0, 0.1) is 0 Å². The van der Waals surface area contributed by atoms with E-state index in [1.165, 1.54) is 135 Å². The van der Waals surface area contributed by atoms with Gasteiger partial charge in [-0.2, -0.15) is 0 Å². The first kappa shape index (κ1) is 39.1. The topological polar surface area (TPSA) is 69.6 Å². The van der Waals surface area contributed by atoms with E-state index in [0.717, 1.165) is 32.1 Å². The van der Waals surface area contributed by atoms with E-state index in [-0.39, 0.29) is 12.5 Å². The van der Waals surface area contributed by atoms with Crippen LogP contribution in [0.3, 0.4) is 0 Å². The molecule has 4 heteroatoms. The molecular formula is C36H71NO3. The molecule has 2 atom stereocenters. The Balaban J connectivity index is 3.59. The van der Waals surface area contributed by atoms with Gasteiger partial charge in [0, 0.05) is 6.42 Å². The molecule has 0 bridgehead atoms. The van der Waals surface area contributed by atoms with Gasteiger partial charge in [0.25, 0.3) is 0 Å². The van der Waals surface area contributed by atoms with Crippen molar-refractivity contribution in [2.75, 3.05) is 6.61 Å². The third-order valence-electron chi connectivity index (χ3n) is 8.28. The van der Waals surface area contributed by atoms with Gasteiger partial charge in [-0.3, -0.25) is 4.79 Å². The van der Waals surface area contributed by atoms with Crippen LogP contribution in [0.5, 0.6) is 0 Å². The van der Waals surface area contributed by atoms with Gasteiger partial charge in [0.05, 0.1) is 18.8 Å². The van der Waals surface area contributed by atoms with E-state index >= 15 is 0 Å². The molecule has 0 aromatic rings. The lowest BCUT2D eigenvalue weighted by Gasteiger charge is -2.22. The van der Waals surface area contributed by atoms with Crippen LogP contribution in [-0.2, 0) is 4.79 Å². The number of carbonyl (C=O) groups is 1. The zero-order valence-corrected chi connectivity index (χ0v) is 27.1. The number of unbranched alkanes of at least 4 members (excludes halogenated alkanes) is 23. The third kappa shape index (κ3) is 28.7. The van der Waals surface area contributed by atoms with Gasteiger partial charge in [0.2, 0.25) is 5.91 Å². The summed E-state index contributed by atoms with van der Waals surface area (Å²) in [5.74, 6) is -0.0411. The summed E-state index contributed by atoms with van der Waals surface area (Å²) in [4.78, 5) is 12.3. The van der Waals surface area contributed by atoms with Crippen LogP contribution in [0.1, 0.15) is 194 Å².